The van der Waals surface area contributed by atoms with Crippen LogP contribution in [0.2, 0.25) is 0 Å². The second-order valence-corrected chi connectivity index (χ2v) is 5.62. The SMILES string of the molecule is CC(C)(C)CC(N)c1cnccc1Br. The van der Waals surface area contributed by atoms with Crippen LogP contribution in [0.15, 0.2) is 22.9 Å². The van der Waals surface area contributed by atoms with Crippen LogP contribution in [0.3, 0.4) is 0 Å². The first-order valence-corrected chi connectivity index (χ1v) is 5.54. The summed E-state index contributed by atoms with van der Waals surface area (Å²) in [7, 11) is 0. The topological polar surface area (TPSA) is 38.9 Å². The summed E-state index contributed by atoms with van der Waals surface area (Å²) in [6.07, 6.45) is 4.55. The number of hydrogen-bond acceptors (Lipinski definition) is 2. The van der Waals surface area contributed by atoms with Gasteiger partial charge >= 0.3 is 0 Å². The molecule has 0 aliphatic carbocycles. The molecule has 0 spiro atoms. The van der Waals surface area contributed by atoms with E-state index in [9.17, 15) is 0 Å². The minimum absolute atomic E-state index is 0.0538. The molecule has 0 saturated heterocycles. The van der Waals surface area contributed by atoms with E-state index in [1.807, 2.05) is 12.3 Å². The summed E-state index contributed by atoms with van der Waals surface area (Å²) in [4.78, 5) is 4.09. The lowest BCUT2D eigenvalue weighted by Gasteiger charge is -2.23. The zero-order valence-electron chi connectivity index (χ0n) is 8.92. The minimum Gasteiger partial charge on any atom is -0.324 e. The first-order valence-electron chi connectivity index (χ1n) is 4.75. The second kappa shape index (κ2) is 4.41. The molecule has 0 aliphatic heterocycles. The first-order chi connectivity index (χ1) is 6.40. The van der Waals surface area contributed by atoms with Gasteiger partial charge in [-0.1, -0.05) is 36.7 Å². The predicted octanol–water partition coefficient (Wildman–Crippen LogP) is 3.28. The molecule has 1 aromatic heterocycles. The molecule has 0 fully saturated rings. The van der Waals surface area contributed by atoms with Crippen molar-refractivity contribution in [1.29, 1.82) is 0 Å². The average molecular weight is 257 g/mol. The standard InChI is InChI=1S/C11H17BrN2/c1-11(2,3)6-10(13)8-7-14-5-4-9(8)12/h4-5,7,10H,6,13H2,1-3H3. The summed E-state index contributed by atoms with van der Waals surface area (Å²) >= 11 is 3.48. The lowest BCUT2D eigenvalue weighted by molar-refractivity contribution is 0.342. The van der Waals surface area contributed by atoms with Gasteiger partial charge in [0.2, 0.25) is 0 Å². The maximum Gasteiger partial charge on any atom is 0.0326 e. The lowest BCUT2D eigenvalue weighted by atomic mass is 9.86. The van der Waals surface area contributed by atoms with Gasteiger partial charge in [0.1, 0.15) is 0 Å². The maximum atomic E-state index is 6.11. The van der Waals surface area contributed by atoms with Crippen LogP contribution in [0.4, 0.5) is 0 Å². The largest absolute Gasteiger partial charge is 0.324 e. The minimum atomic E-state index is 0.0538. The number of nitrogens with two attached hydrogens (primary N) is 1. The monoisotopic (exact) mass is 256 g/mol. The molecular weight excluding hydrogens is 240 g/mol. The van der Waals surface area contributed by atoms with Crippen LogP contribution < -0.4 is 5.73 Å². The highest BCUT2D eigenvalue weighted by atomic mass is 79.9. The van der Waals surface area contributed by atoms with Crippen LogP contribution in [0.25, 0.3) is 0 Å². The summed E-state index contributed by atoms with van der Waals surface area (Å²) < 4.78 is 1.05. The summed E-state index contributed by atoms with van der Waals surface area (Å²) in [6.45, 7) is 6.57. The van der Waals surface area contributed by atoms with Crippen molar-refractivity contribution >= 4 is 15.9 Å². The summed E-state index contributed by atoms with van der Waals surface area (Å²) in [6, 6.07) is 1.98. The van der Waals surface area contributed by atoms with Crippen molar-refractivity contribution in [2.24, 2.45) is 11.1 Å². The molecule has 1 rings (SSSR count). The van der Waals surface area contributed by atoms with E-state index in [-0.39, 0.29) is 11.5 Å². The first kappa shape index (κ1) is 11.7. The number of halogens is 1. The molecule has 0 amide bonds. The van der Waals surface area contributed by atoms with Crippen molar-refractivity contribution in [2.45, 2.75) is 33.2 Å². The van der Waals surface area contributed by atoms with Crippen LogP contribution in [0.5, 0.6) is 0 Å². The van der Waals surface area contributed by atoms with Crippen molar-refractivity contribution in [3.63, 3.8) is 0 Å². The summed E-state index contributed by atoms with van der Waals surface area (Å²) in [5.74, 6) is 0. The van der Waals surface area contributed by atoms with E-state index in [1.54, 1.807) is 6.20 Å². The van der Waals surface area contributed by atoms with Gasteiger partial charge in [0.05, 0.1) is 0 Å². The molecule has 0 aromatic carbocycles. The van der Waals surface area contributed by atoms with E-state index in [2.05, 4.69) is 41.7 Å². The Labute approximate surface area is 94.0 Å². The van der Waals surface area contributed by atoms with Crippen LogP contribution in [-0.2, 0) is 0 Å². The van der Waals surface area contributed by atoms with Crippen molar-refractivity contribution in [3.05, 3.63) is 28.5 Å². The Balaban J connectivity index is 2.80. The lowest BCUT2D eigenvalue weighted by Crippen LogP contribution is -2.19. The Hall–Kier alpha value is -0.410. The third kappa shape index (κ3) is 3.39. The molecule has 1 heterocycles. The van der Waals surface area contributed by atoms with E-state index >= 15 is 0 Å². The highest BCUT2D eigenvalue weighted by Crippen LogP contribution is 2.30. The second-order valence-electron chi connectivity index (χ2n) is 4.77. The summed E-state index contributed by atoms with van der Waals surface area (Å²) in [5.41, 5.74) is 7.44. The average Bonchev–Trinajstić information content (AvgIpc) is 2.01. The van der Waals surface area contributed by atoms with Crippen molar-refractivity contribution in [2.75, 3.05) is 0 Å². The quantitative estimate of drug-likeness (QED) is 0.883. The van der Waals surface area contributed by atoms with E-state index in [0.717, 1.165) is 16.5 Å². The van der Waals surface area contributed by atoms with Crippen LogP contribution >= 0.6 is 15.9 Å². The fourth-order valence-corrected chi connectivity index (χ4v) is 1.95. The molecule has 2 N–H and O–H groups in total. The fraction of sp³-hybridized carbons (Fsp3) is 0.545. The molecule has 0 bridgehead atoms. The fourth-order valence-electron chi connectivity index (χ4n) is 1.43. The molecule has 1 atom stereocenters. The predicted molar refractivity (Wildman–Crippen MR) is 62.9 cm³/mol. The molecule has 1 unspecified atom stereocenters. The highest BCUT2D eigenvalue weighted by molar-refractivity contribution is 9.10. The van der Waals surface area contributed by atoms with Crippen molar-refractivity contribution in [3.8, 4) is 0 Å². The van der Waals surface area contributed by atoms with Gasteiger partial charge in [-0.05, 0) is 17.9 Å². The zero-order chi connectivity index (χ0) is 10.8. The van der Waals surface area contributed by atoms with E-state index in [4.69, 9.17) is 5.73 Å². The van der Waals surface area contributed by atoms with Crippen LogP contribution in [0.1, 0.15) is 38.8 Å². The Kier molecular flexibility index (Phi) is 3.67. The number of pyridine rings is 1. The van der Waals surface area contributed by atoms with Gasteiger partial charge in [0.15, 0.2) is 0 Å². The Bertz CT molecular complexity index is 304. The normalized spacial score (nSPS) is 14.1. The van der Waals surface area contributed by atoms with Gasteiger partial charge in [-0.3, -0.25) is 4.98 Å². The van der Waals surface area contributed by atoms with Gasteiger partial charge in [-0.25, -0.2) is 0 Å². The van der Waals surface area contributed by atoms with Gasteiger partial charge in [-0.2, -0.15) is 0 Å². The number of aromatic nitrogens is 1. The van der Waals surface area contributed by atoms with E-state index < -0.39 is 0 Å². The van der Waals surface area contributed by atoms with E-state index in [1.165, 1.54) is 0 Å². The third-order valence-electron chi connectivity index (χ3n) is 2.03. The summed E-state index contributed by atoms with van der Waals surface area (Å²) in [5, 5.41) is 0. The molecule has 3 heteroatoms. The highest BCUT2D eigenvalue weighted by Gasteiger charge is 2.18. The van der Waals surface area contributed by atoms with Gasteiger partial charge in [0.25, 0.3) is 0 Å². The smallest absolute Gasteiger partial charge is 0.0326 e. The molecule has 78 valence electrons. The zero-order valence-corrected chi connectivity index (χ0v) is 10.5. The van der Waals surface area contributed by atoms with Gasteiger partial charge < -0.3 is 5.73 Å². The van der Waals surface area contributed by atoms with Gasteiger partial charge in [0, 0.05) is 28.5 Å². The molecule has 2 nitrogen and oxygen atoms in total. The van der Waals surface area contributed by atoms with E-state index in [0.29, 0.717) is 0 Å². The number of nitrogens with zero attached hydrogens (tertiary/aromatic N) is 1. The molecule has 1 aromatic rings. The molecule has 0 radical (unpaired) electrons. The third-order valence-corrected chi connectivity index (χ3v) is 2.75. The molecule has 0 aliphatic rings. The molecule has 14 heavy (non-hydrogen) atoms. The number of hydrogen-bond donors (Lipinski definition) is 1. The van der Waals surface area contributed by atoms with Crippen LogP contribution in [-0.4, -0.2) is 4.98 Å². The van der Waals surface area contributed by atoms with Crippen molar-refractivity contribution in [1.82, 2.24) is 4.98 Å². The number of rotatable bonds is 2. The Morgan fingerprint density at radius 2 is 2.14 bits per heavy atom. The van der Waals surface area contributed by atoms with Crippen molar-refractivity contribution < 1.29 is 0 Å². The molecule has 0 saturated carbocycles. The Morgan fingerprint density at radius 3 is 2.64 bits per heavy atom. The van der Waals surface area contributed by atoms with Crippen LogP contribution in [0, 0.1) is 5.41 Å². The maximum absolute atomic E-state index is 6.11. The Morgan fingerprint density at radius 1 is 1.50 bits per heavy atom. The van der Waals surface area contributed by atoms with Gasteiger partial charge in [-0.15, -0.1) is 0 Å². The molecular formula is C11H17BrN2.